The Morgan fingerprint density at radius 3 is 2.42 bits per heavy atom. The van der Waals surface area contributed by atoms with Gasteiger partial charge in [0.05, 0.1) is 11.6 Å². The zero-order valence-electron chi connectivity index (χ0n) is 20.2. The molecule has 1 N–H and O–H groups in total. The van der Waals surface area contributed by atoms with Gasteiger partial charge in [-0.2, -0.15) is 0 Å². The molecule has 2 heterocycles. The standard InChI is InChI=1S/C26H36N6O/c1-17-14-18(2)23-19(15-17)16-22(26(33)27-23)24(31(3)20-10-6-4-7-11-20)25-28-29-30-32(25)21-12-8-5-9-13-21/h14-16,20-21,24H,4-13H2,1-3H3,(H,27,33)/t24-/m1/s1. The van der Waals surface area contributed by atoms with E-state index >= 15 is 0 Å². The molecule has 2 aromatic heterocycles. The molecule has 0 radical (unpaired) electrons. The van der Waals surface area contributed by atoms with Crippen LogP contribution >= 0.6 is 0 Å². The first-order valence-corrected chi connectivity index (χ1v) is 12.7. The third kappa shape index (κ3) is 4.35. The Kier molecular flexibility index (Phi) is 6.32. The number of nitrogens with one attached hydrogen (secondary N) is 1. The van der Waals surface area contributed by atoms with E-state index in [9.17, 15) is 4.79 Å². The molecule has 0 bridgehead atoms. The number of hydrogen-bond acceptors (Lipinski definition) is 5. The minimum atomic E-state index is -0.265. The molecule has 176 valence electrons. The van der Waals surface area contributed by atoms with Gasteiger partial charge in [-0.15, -0.1) is 5.10 Å². The topological polar surface area (TPSA) is 79.7 Å². The summed E-state index contributed by atoms with van der Waals surface area (Å²) in [7, 11) is 2.16. The van der Waals surface area contributed by atoms with E-state index < -0.39 is 0 Å². The van der Waals surface area contributed by atoms with Gasteiger partial charge in [-0.25, -0.2) is 4.68 Å². The van der Waals surface area contributed by atoms with Crippen LogP contribution in [-0.2, 0) is 0 Å². The van der Waals surface area contributed by atoms with Crippen LogP contribution < -0.4 is 5.56 Å². The van der Waals surface area contributed by atoms with E-state index in [1.165, 1.54) is 44.1 Å². The predicted octanol–water partition coefficient (Wildman–Crippen LogP) is 4.99. The molecule has 3 aromatic rings. The molecule has 1 aromatic carbocycles. The van der Waals surface area contributed by atoms with Crippen LogP contribution in [0.25, 0.3) is 10.9 Å². The van der Waals surface area contributed by atoms with Crippen LogP contribution in [0.2, 0.25) is 0 Å². The Morgan fingerprint density at radius 1 is 1.00 bits per heavy atom. The highest BCUT2D eigenvalue weighted by Crippen LogP contribution is 2.35. The molecule has 0 aliphatic heterocycles. The highest BCUT2D eigenvalue weighted by atomic mass is 16.1. The molecule has 1 atom stereocenters. The maximum absolute atomic E-state index is 13.5. The summed E-state index contributed by atoms with van der Waals surface area (Å²) in [6.45, 7) is 4.16. The number of aromatic amines is 1. The van der Waals surface area contributed by atoms with Crippen LogP contribution in [0.15, 0.2) is 23.0 Å². The maximum atomic E-state index is 13.5. The number of aryl methyl sites for hydroxylation is 2. The highest BCUT2D eigenvalue weighted by molar-refractivity contribution is 5.83. The second kappa shape index (κ2) is 9.37. The van der Waals surface area contributed by atoms with E-state index in [1.807, 2.05) is 4.68 Å². The summed E-state index contributed by atoms with van der Waals surface area (Å²) in [4.78, 5) is 19.1. The molecular weight excluding hydrogens is 412 g/mol. The SMILES string of the molecule is Cc1cc(C)c2[nH]c(=O)c([C@H](c3nnnn3C3CCCCC3)N(C)C3CCCCC3)cc2c1. The van der Waals surface area contributed by atoms with E-state index in [4.69, 9.17) is 0 Å². The first kappa shape index (κ1) is 22.3. The van der Waals surface area contributed by atoms with Crippen molar-refractivity contribution in [2.75, 3.05) is 7.05 Å². The van der Waals surface area contributed by atoms with Crippen molar-refractivity contribution in [1.29, 1.82) is 0 Å². The number of nitrogens with zero attached hydrogens (tertiary/aromatic N) is 5. The first-order valence-electron chi connectivity index (χ1n) is 12.7. The fourth-order valence-corrected chi connectivity index (χ4v) is 6.11. The number of tetrazole rings is 1. The Bertz CT molecular complexity index is 1170. The minimum Gasteiger partial charge on any atom is -0.321 e. The molecule has 7 nitrogen and oxygen atoms in total. The third-order valence-corrected chi connectivity index (χ3v) is 7.86. The van der Waals surface area contributed by atoms with Gasteiger partial charge in [0.15, 0.2) is 5.82 Å². The number of hydrogen-bond donors (Lipinski definition) is 1. The van der Waals surface area contributed by atoms with E-state index in [-0.39, 0.29) is 11.6 Å². The first-order chi connectivity index (χ1) is 16.0. The molecule has 5 rings (SSSR count). The van der Waals surface area contributed by atoms with E-state index in [2.05, 4.69) is 64.5 Å². The van der Waals surface area contributed by atoms with Gasteiger partial charge in [0.2, 0.25) is 0 Å². The minimum absolute atomic E-state index is 0.0414. The van der Waals surface area contributed by atoms with Gasteiger partial charge in [-0.1, -0.05) is 50.2 Å². The maximum Gasteiger partial charge on any atom is 0.253 e. The number of aromatic nitrogens is 5. The lowest BCUT2D eigenvalue weighted by Gasteiger charge is -2.37. The number of rotatable bonds is 5. The summed E-state index contributed by atoms with van der Waals surface area (Å²) in [5.41, 5.74) is 3.91. The number of pyridine rings is 1. The lowest BCUT2D eigenvalue weighted by molar-refractivity contribution is 0.145. The van der Waals surface area contributed by atoms with Gasteiger partial charge in [0.1, 0.15) is 6.04 Å². The summed E-state index contributed by atoms with van der Waals surface area (Å²) < 4.78 is 2.04. The molecule has 0 unspecified atom stereocenters. The quantitative estimate of drug-likeness (QED) is 0.595. The molecule has 2 fully saturated rings. The fraction of sp³-hybridized carbons (Fsp3) is 0.615. The molecule has 7 heteroatoms. The molecule has 0 saturated heterocycles. The van der Waals surface area contributed by atoms with Crippen LogP contribution in [-0.4, -0.2) is 43.2 Å². The van der Waals surface area contributed by atoms with E-state index in [1.54, 1.807) is 0 Å². The van der Waals surface area contributed by atoms with Gasteiger partial charge in [-0.05, 0) is 80.1 Å². The summed E-state index contributed by atoms with van der Waals surface area (Å²) >= 11 is 0. The number of fused-ring (bicyclic) bond motifs is 1. The average Bonchev–Trinajstić information content (AvgIpc) is 3.31. The average molecular weight is 449 g/mol. The van der Waals surface area contributed by atoms with E-state index in [0.29, 0.717) is 12.1 Å². The van der Waals surface area contributed by atoms with Gasteiger partial charge < -0.3 is 4.98 Å². The van der Waals surface area contributed by atoms with E-state index in [0.717, 1.165) is 53.5 Å². The molecule has 2 aliphatic carbocycles. The fourth-order valence-electron chi connectivity index (χ4n) is 6.11. The number of H-pyrrole nitrogens is 1. The predicted molar refractivity (Wildman–Crippen MR) is 130 cm³/mol. The van der Waals surface area contributed by atoms with Crippen molar-refractivity contribution < 1.29 is 0 Å². The van der Waals surface area contributed by atoms with Crippen LogP contribution in [0.3, 0.4) is 0 Å². The Labute approximate surface area is 195 Å². The zero-order chi connectivity index (χ0) is 22.9. The molecule has 33 heavy (non-hydrogen) atoms. The Balaban J connectivity index is 1.65. The molecule has 2 aliphatic rings. The lowest BCUT2D eigenvalue weighted by Crippen LogP contribution is -2.40. The molecule has 2 saturated carbocycles. The summed E-state index contributed by atoms with van der Waals surface area (Å²) in [5, 5.41) is 14.2. The summed E-state index contributed by atoms with van der Waals surface area (Å²) in [6.07, 6.45) is 12.0. The monoisotopic (exact) mass is 448 g/mol. The Hall–Kier alpha value is -2.54. The van der Waals surface area contributed by atoms with Crippen molar-refractivity contribution in [3.63, 3.8) is 0 Å². The summed E-state index contributed by atoms with van der Waals surface area (Å²) in [6, 6.07) is 6.83. The smallest absolute Gasteiger partial charge is 0.253 e. The zero-order valence-corrected chi connectivity index (χ0v) is 20.2. The van der Waals surface area contributed by atoms with Crippen molar-refractivity contribution in [2.24, 2.45) is 0 Å². The number of benzene rings is 1. The van der Waals surface area contributed by atoms with Gasteiger partial charge >= 0.3 is 0 Å². The van der Waals surface area contributed by atoms with Crippen molar-refractivity contribution in [2.45, 2.75) is 96.2 Å². The van der Waals surface area contributed by atoms with Crippen molar-refractivity contribution in [1.82, 2.24) is 30.1 Å². The van der Waals surface area contributed by atoms with Gasteiger partial charge in [0, 0.05) is 11.6 Å². The lowest BCUT2D eigenvalue weighted by atomic mass is 9.91. The second-order valence-electron chi connectivity index (χ2n) is 10.2. The Morgan fingerprint density at radius 2 is 1.70 bits per heavy atom. The van der Waals surface area contributed by atoms with Crippen LogP contribution in [0, 0.1) is 13.8 Å². The molecule has 0 spiro atoms. The van der Waals surface area contributed by atoms with Crippen LogP contribution in [0.1, 0.15) is 98.8 Å². The summed E-state index contributed by atoms with van der Waals surface area (Å²) in [5.74, 6) is 0.809. The van der Waals surface area contributed by atoms with Crippen LogP contribution in [0.5, 0.6) is 0 Å². The highest BCUT2D eigenvalue weighted by Gasteiger charge is 2.34. The van der Waals surface area contributed by atoms with Crippen molar-refractivity contribution in [3.8, 4) is 0 Å². The van der Waals surface area contributed by atoms with Gasteiger partial charge in [-0.3, -0.25) is 9.69 Å². The van der Waals surface area contributed by atoms with Gasteiger partial charge in [0.25, 0.3) is 5.56 Å². The normalized spacial score (nSPS) is 19.4. The largest absolute Gasteiger partial charge is 0.321 e. The second-order valence-corrected chi connectivity index (χ2v) is 10.2. The van der Waals surface area contributed by atoms with Crippen LogP contribution in [0.4, 0.5) is 0 Å². The molecular formula is C26H36N6O. The third-order valence-electron chi connectivity index (χ3n) is 7.86. The molecule has 0 amide bonds. The van der Waals surface area contributed by atoms with Crippen molar-refractivity contribution >= 4 is 10.9 Å². The van der Waals surface area contributed by atoms with Crippen molar-refractivity contribution in [3.05, 3.63) is 51.1 Å².